The van der Waals surface area contributed by atoms with Gasteiger partial charge in [-0.05, 0) is 64.2 Å². The summed E-state index contributed by atoms with van der Waals surface area (Å²) in [5.74, 6) is -0.663. The Labute approximate surface area is 262 Å². The maximum absolute atomic E-state index is 12.6. The third-order valence-electron chi connectivity index (χ3n) is 8.49. The van der Waals surface area contributed by atoms with Crippen molar-refractivity contribution in [1.29, 1.82) is 0 Å². The van der Waals surface area contributed by atoms with Crippen LogP contribution >= 0.6 is 0 Å². The standard InChI is InChI=1S/C38H72O4/c1-3-5-7-9-11-12-13-14-15-16-17-18-23-27-31-35-38(41)42-36(32-28-24-10-8-6-4-2)33-29-25-21-19-20-22-26-30-34-37(39)40/h14-15,36H,3-13,16-35H2,1-2H3,(H,39,40)/b15-14-. The molecule has 1 N–H and O–H groups in total. The Hall–Kier alpha value is -1.32. The fourth-order valence-electron chi connectivity index (χ4n) is 5.71. The molecule has 0 saturated heterocycles. The normalized spacial score (nSPS) is 12.2. The highest BCUT2D eigenvalue weighted by molar-refractivity contribution is 5.69. The van der Waals surface area contributed by atoms with Crippen LogP contribution in [0.3, 0.4) is 0 Å². The first-order chi connectivity index (χ1) is 20.6. The summed E-state index contributed by atoms with van der Waals surface area (Å²) in [5.41, 5.74) is 0. The number of carbonyl (C=O) groups is 2. The minimum atomic E-state index is -0.682. The summed E-state index contributed by atoms with van der Waals surface area (Å²) >= 11 is 0. The van der Waals surface area contributed by atoms with Gasteiger partial charge in [-0.15, -0.1) is 0 Å². The number of carboxylic acids is 1. The maximum Gasteiger partial charge on any atom is 0.306 e. The van der Waals surface area contributed by atoms with Gasteiger partial charge in [0, 0.05) is 12.8 Å². The lowest BCUT2D eigenvalue weighted by molar-refractivity contribution is -0.150. The Morgan fingerprint density at radius 3 is 1.29 bits per heavy atom. The van der Waals surface area contributed by atoms with Crippen LogP contribution in [0.2, 0.25) is 0 Å². The Balaban J connectivity index is 3.94. The minimum absolute atomic E-state index is 0.0185. The topological polar surface area (TPSA) is 63.6 Å². The molecule has 0 amide bonds. The van der Waals surface area contributed by atoms with E-state index in [-0.39, 0.29) is 12.1 Å². The van der Waals surface area contributed by atoms with Gasteiger partial charge in [0.15, 0.2) is 0 Å². The molecule has 0 aliphatic rings. The number of carbonyl (C=O) groups excluding carboxylic acids is 1. The summed E-state index contributed by atoms with van der Waals surface area (Å²) in [6.07, 6.45) is 40.9. The van der Waals surface area contributed by atoms with Crippen molar-refractivity contribution in [3.8, 4) is 0 Å². The van der Waals surface area contributed by atoms with Crippen LogP contribution in [-0.2, 0) is 14.3 Å². The third kappa shape index (κ3) is 33.2. The third-order valence-corrected chi connectivity index (χ3v) is 8.49. The number of ether oxygens (including phenoxy) is 1. The molecule has 0 aliphatic carbocycles. The molecule has 0 bridgehead atoms. The van der Waals surface area contributed by atoms with E-state index < -0.39 is 5.97 Å². The van der Waals surface area contributed by atoms with Gasteiger partial charge in [0.05, 0.1) is 0 Å². The average Bonchev–Trinajstić information content (AvgIpc) is 2.97. The van der Waals surface area contributed by atoms with Gasteiger partial charge in [0.25, 0.3) is 0 Å². The molecule has 4 nitrogen and oxygen atoms in total. The van der Waals surface area contributed by atoms with E-state index in [4.69, 9.17) is 9.84 Å². The molecule has 0 aromatic carbocycles. The number of rotatable bonds is 34. The predicted molar refractivity (Wildman–Crippen MR) is 181 cm³/mol. The fraction of sp³-hybridized carbons (Fsp3) is 0.895. The molecule has 0 radical (unpaired) electrons. The zero-order chi connectivity index (χ0) is 30.8. The largest absolute Gasteiger partial charge is 0.481 e. The van der Waals surface area contributed by atoms with Crippen molar-refractivity contribution in [2.24, 2.45) is 0 Å². The van der Waals surface area contributed by atoms with Crippen molar-refractivity contribution in [2.75, 3.05) is 0 Å². The first kappa shape index (κ1) is 40.7. The van der Waals surface area contributed by atoms with Crippen molar-refractivity contribution in [1.82, 2.24) is 0 Å². The van der Waals surface area contributed by atoms with Crippen LogP contribution in [0.4, 0.5) is 0 Å². The SMILES string of the molecule is CCCCCCCC/C=C\CCCCCCCC(=O)OC(CCCCCCCC)CCCCCCCCCCC(=O)O. The molecule has 1 atom stereocenters. The quantitative estimate of drug-likeness (QED) is 0.0458. The van der Waals surface area contributed by atoms with E-state index in [9.17, 15) is 9.59 Å². The molecule has 0 aromatic heterocycles. The molecule has 4 heteroatoms. The van der Waals surface area contributed by atoms with E-state index >= 15 is 0 Å². The second-order valence-corrected chi connectivity index (χ2v) is 12.8. The molecule has 0 aliphatic heterocycles. The van der Waals surface area contributed by atoms with Gasteiger partial charge in [-0.1, -0.05) is 148 Å². The first-order valence-corrected chi connectivity index (χ1v) is 18.7. The van der Waals surface area contributed by atoms with Gasteiger partial charge < -0.3 is 9.84 Å². The van der Waals surface area contributed by atoms with Crippen molar-refractivity contribution < 1.29 is 19.4 Å². The molecule has 0 spiro atoms. The molecule has 0 fully saturated rings. The molecular formula is C38H72O4. The molecule has 0 rings (SSSR count). The molecule has 0 aromatic rings. The van der Waals surface area contributed by atoms with Crippen LogP contribution in [0.1, 0.15) is 213 Å². The highest BCUT2D eigenvalue weighted by atomic mass is 16.5. The maximum atomic E-state index is 12.6. The predicted octanol–water partition coefficient (Wildman–Crippen LogP) is 12.7. The fourth-order valence-corrected chi connectivity index (χ4v) is 5.71. The highest BCUT2D eigenvalue weighted by Gasteiger charge is 2.14. The Morgan fingerprint density at radius 1 is 0.500 bits per heavy atom. The summed E-state index contributed by atoms with van der Waals surface area (Å²) in [7, 11) is 0. The molecule has 0 saturated carbocycles. The van der Waals surface area contributed by atoms with E-state index in [2.05, 4.69) is 26.0 Å². The van der Waals surface area contributed by atoms with Crippen molar-refractivity contribution >= 4 is 11.9 Å². The van der Waals surface area contributed by atoms with Crippen LogP contribution in [0.25, 0.3) is 0 Å². The second-order valence-electron chi connectivity index (χ2n) is 12.8. The smallest absolute Gasteiger partial charge is 0.306 e. The van der Waals surface area contributed by atoms with Gasteiger partial charge in [-0.25, -0.2) is 0 Å². The van der Waals surface area contributed by atoms with Crippen molar-refractivity contribution in [3.05, 3.63) is 12.2 Å². The van der Waals surface area contributed by atoms with E-state index in [1.54, 1.807) is 0 Å². The molecule has 0 heterocycles. The number of allylic oxidation sites excluding steroid dienone is 2. The average molecular weight is 593 g/mol. The summed E-state index contributed by atoms with van der Waals surface area (Å²) < 4.78 is 5.99. The number of unbranched alkanes of at least 4 members (excludes halogenated alkanes) is 23. The number of esters is 1. The van der Waals surface area contributed by atoms with Crippen LogP contribution in [0, 0.1) is 0 Å². The molecule has 42 heavy (non-hydrogen) atoms. The van der Waals surface area contributed by atoms with E-state index in [1.165, 1.54) is 135 Å². The van der Waals surface area contributed by atoms with Crippen LogP contribution in [-0.4, -0.2) is 23.1 Å². The van der Waals surface area contributed by atoms with Gasteiger partial charge in [0.1, 0.15) is 6.10 Å². The Kier molecular flexibility index (Phi) is 33.1. The molecule has 1 unspecified atom stereocenters. The van der Waals surface area contributed by atoms with Crippen molar-refractivity contribution in [3.63, 3.8) is 0 Å². The van der Waals surface area contributed by atoms with Crippen LogP contribution < -0.4 is 0 Å². The number of hydrogen-bond donors (Lipinski definition) is 1. The van der Waals surface area contributed by atoms with Gasteiger partial charge >= 0.3 is 11.9 Å². The zero-order valence-corrected chi connectivity index (χ0v) is 28.3. The summed E-state index contributed by atoms with van der Waals surface area (Å²) in [4.78, 5) is 23.2. The second kappa shape index (κ2) is 34.2. The van der Waals surface area contributed by atoms with E-state index in [0.717, 1.165) is 51.4 Å². The number of aliphatic carboxylic acids is 1. The lowest BCUT2D eigenvalue weighted by Gasteiger charge is -2.18. The number of hydrogen-bond acceptors (Lipinski definition) is 3. The van der Waals surface area contributed by atoms with Gasteiger partial charge in [0.2, 0.25) is 0 Å². The van der Waals surface area contributed by atoms with E-state index in [0.29, 0.717) is 12.8 Å². The molecule has 248 valence electrons. The summed E-state index contributed by atoms with van der Waals surface area (Å²) in [6.45, 7) is 4.53. The summed E-state index contributed by atoms with van der Waals surface area (Å²) in [5, 5.41) is 8.72. The van der Waals surface area contributed by atoms with Gasteiger partial charge in [-0.3, -0.25) is 9.59 Å². The minimum Gasteiger partial charge on any atom is -0.481 e. The Bertz CT molecular complexity index is 600. The van der Waals surface area contributed by atoms with E-state index in [1.807, 2.05) is 0 Å². The highest BCUT2D eigenvalue weighted by Crippen LogP contribution is 2.19. The lowest BCUT2D eigenvalue weighted by atomic mass is 10.0. The Morgan fingerprint density at radius 2 is 0.857 bits per heavy atom. The first-order valence-electron chi connectivity index (χ1n) is 18.7. The van der Waals surface area contributed by atoms with Crippen molar-refractivity contribution in [2.45, 2.75) is 219 Å². The molecular weight excluding hydrogens is 520 g/mol. The summed E-state index contributed by atoms with van der Waals surface area (Å²) in [6, 6.07) is 0. The van der Waals surface area contributed by atoms with Gasteiger partial charge in [-0.2, -0.15) is 0 Å². The zero-order valence-electron chi connectivity index (χ0n) is 28.3. The number of carboxylic acid groups (broad SMARTS) is 1. The lowest BCUT2D eigenvalue weighted by Crippen LogP contribution is -2.18. The van der Waals surface area contributed by atoms with Crippen LogP contribution in [0.15, 0.2) is 12.2 Å². The van der Waals surface area contributed by atoms with Crippen LogP contribution in [0.5, 0.6) is 0 Å². The monoisotopic (exact) mass is 593 g/mol.